The van der Waals surface area contributed by atoms with Crippen LogP contribution in [0.25, 0.3) is 0 Å². The van der Waals surface area contributed by atoms with Crippen LogP contribution in [0.2, 0.25) is 0 Å². The number of aryl methyl sites for hydroxylation is 2. The van der Waals surface area contributed by atoms with Crippen molar-refractivity contribution in [3.05, 3.63) is 18.0 Å². The summed E-state index contributed by atoms with van der Waals surface area (Å²) in [4.78, 5) is 0. The number of nitrogens with zero attached hydrogens (tertiary/aromatic N) is 2. The van der Waals surface area contributed by atoms with Crippen molar-refractivity contribution in [3.63, 3.8) is 0 Å². The Bertz CT molecular complexity index is 381. The van der Waals surface area contributed by atoms with Gasteiger partial charge in [-0.15, -0.1) is 0 Å². The molecule has 0 spiro atoms. The maximum atomic E-state index is 4.25. The van der Waals surface area contributed by atoms with Crippen LogP contribution >= 0.6 is 0 Å². The lowest BCUT2D eigenvalue weighted by atomic mass is 9.90. The summed E-state index contributed by atoms with van der Waals surface area (Å²) >= 11 is 0. The van der Waals surface area contributed by atoms with Gasteiger partial charge in [-0.25, -0.2) is 0 Å². The molecule has 1 aromatic heterocycles. The Hall–Kier alpha value is -0.830. The minimum absolute atomic E-state index is 0.865. The van der Waals surface area contributed by atoms with Crippen molar-refractivity contribution in [2.45, 2.75) is 51.0 Å². The van der Waals surface area contributed by atoms with Crippen LogP contribution in [-0.2, 0) is 13.5 Å². The second-order valence-electron chi connectivity index (χ2n) is 6.19. The van der Waals surface area contributed by atoms with Crippen LogP contribution in [0.3, 0.4) is 0 Å². The van der Waals surface area contributed by atoms with E-state index >= 15 is 0 Å². The molecule has 2 aliphatic carbocycles. The lowest BCUT2D eigenvalue weighted by Gasteiger charge is -2.19. The highest BCUT2D eigenvalue weighted by atomic mass is 15.2. The monoisotopic (exact) mass is 247 g/mol. The van der Waals surface area contributed by atoms with Gasteiger partial charge in [0, 0.05) is 19.3 Å². The molecule has 1 heterocycles. The van der Waals surface area contributed by atoms with Crippen LogP contribution in [0, 0.1) is 11.8 Å². The molecule has 3 rings (SSSR count). The van der Waals surface area contributed by atoms with Crippen molar-refractivity contribution in [2.24, 2.45) is 18.9 Å². The molecule has 2 unspecified atom stereocenters. The Balaban J connectivity index is 1.45. The molecule has 0 radical (unpaired) electrons. The van der Waals surface area contributed by atoms with Gasteiger partial charge in [-0.05, 0) is 56.0 Å². The molecule has 2 atom stereocenters. The van der Waals surface area contributed by atoms with Gasteiger partial charge < -0.3 is 5.32 Å². The van der Waals surface area contributed by atoms with Gasteiger partial charge >= 0.3 is 0 Å². The fraction of sp³-hybridized carbons (Fsp3) is 0.800. The lowest BCUT2D eigenvalue weighted by molar-refractivity contribution is 0.346. The number of aromatic nitrogens is 2. The highest BCUT2D eigenvalue weighted by Crippen LogP contribution is 2.35. The van der Waals surface area contributed by atoms with Gasteiger partial charge in [-0.2, -0.15) is 5.10 Å². The van der Waals surface area contributed by atoms with E-state index in [0.29, 0.717) is 0 Å². The standard InChI is InChI=1S/C15H25N3/c1-18-11-12(9-17-18)5-6-13-3-2-4-14(13)10-16-15-7-8-15/h9,11,13-16H,2-8,10H2,1H3. The normalized spacial score (nSPS) is 27.8. The molecule has 3 nitrogen and oxygen atoms in total. The Labute approximate surface area is 110 Å². The van der Waals surface area contributed by atoms with Gasteiger partial charge in [0.15, 0.2) is 0 Å². The van der Waals surface area contributed by atoms with Crippen molar-refractivity contribution in [1.82, 2.24) is 15.1 Å². The predicted octanol–water partition coefficient (Wildman–Crippen LogP) is 2.52. The van der Waals surface area contributed by atoms with E-state index in [1.165, 1.54) is 57.1 Å². The zero-order valence-corrected chi connectivity index (χ0v) is 11.4. The predicted molar refractivity (Wildman–Crippen MR) is 73.4 cm³/mol. The third kappa shape index (κ3) is 3.14. The largest absolute Gasteiger partial charge is 0.314 e. The summed E-state index contributed by atoms with van der Waals surface area (Å²) in [7, 11) is 2.00. The van der Waals surface area contributed by atoms with E-state index in [1.807, 2.05) is 17.9 Å². The average Bonchev–Trinajstić information content (AvgIpc) is 2.93. The molecule has 2 fully saturated rings. The maximum Gasteiger partial charge on any atom is 0.0521 e. The summed E-state index contributed by atoms with van der Waals surface area (Å²) in [6.45, 7) is 1.27. The van der Waals surface area contributed by atoms with E-state index in [1.54, 1.807) is 0 Å². The van der Waals surface area contributed by atoms with Crippen molar-refractivity contribution in [3.8, 4) is 0 Å². The van der Waals surface area contributed by atoms with E-state index in [-0.39, 0.29) is 0 Å². The van der Waals surface area contributed by atoms with Crippen LogP contribution in [0.4, 0.5) is 0 Å². The first-order valence-electron chi connectivity index (χ1n) is 7.52. The van der Waals surface area contributed by atoms with Crippen LogP contribution in [0.15, 0.2) is 12.4 Å². The van der Waals surface area contributed by atoms with E-state index in [2.05, 4.69) is 16.6 Å². The maximum absolute atomic E-state index is 4.25. The Morgan fingerprint density at radius 3 is 2.83 bits per heavy atom. The SMILES string of the molecule is Cn1cc(CCC2CCCC2CNC2CC2)cn1. The summed E-state index contributed by atoms with van der Waals surface area (Å²) < 4.78 is 1.91. The van der Waals surface area contributed by atoms with Crippen LogP contribution in [0.5, 0.6) is 0 Å². The van der Waals surface area contributed by atoms with Crippen molar-refractivity contribution in [2.75, 3.05) is 6.54 Å². The van der Waals surface area contributed by atoms with Gasteiger partial charge in [0.25, 0.3) is 0 Å². The Morgan fingerprint density at radius 1 is 1.28 bits per heavy atom. The molecule has 3 heteroatoms. The molecule has 1 N–H and O–H groups in total. The van der Waals surface area contributed by atoms with Crippen LogP contribution in [-0.4, -0.2) is 22.4 Å². The minimum Gasteiger partial charge on any atom is -0.314 e. The quantitative estimate of drug-likeness (QED) is 0.837. The highest BCUT2D eigenvalue weighted by molar-refractivity contribution is 5.04. The van der Waals surface area contributed by atoms with Gasteiger partial charge in [0.1, 0.15) is 0 Å². The van der Waals surface area contributed by atoms with Gasteiger partial charge in [-0.3, -0.25) is 4.68 Å². The first kappa shape index (κ1) is 12.2. The van der Waals surface area contributed by atoms with Crippen molar-refractivity contribution < 1.29 is 0 Å². The van der Waals surface area contributed by atoms with Gasteiger partial charge in [0.05, 0.1) is 6.20 Å². The second kappa shape index (κ2) is 5.43. The zero-order valence-electron chi connectivity index (χ0n) is 11.4. The molecule has 0 saturated heterocycles. The zero-order chi connectivity index (χ0) is 12.4. The fourth-order valence-corrected chi connectivity index (χ4v) is 3.32. The molecule has 0 aliphatic heterocycles. The summed E-state index contributed by atoms with van der Waals surface area (Å²) in [6, 6.07) is 0.865. The lowest BCUT2D eigenvalue weighted by Crippen LogP contribution is -2.27. The third-order valence-electron chi connectivity index (χ3n) is 4.62. The summed E-state index contributed by atoms with van der Waals surface area (Å²) in [6.07, 6.45) is 13.9. The highest BCUT2D eigenvalue weighted by Gasteiger charge is 2.29. The molecule has 100 valence electrons. The summed E-state index contributed by atoms with van der Waals surface area (Å²) in [5, 5.41) is 7.97. The number of nitrogens with one attached hydrogen (secondary N) is 1. The van der Waals surface area contributed by atoms with E-state index in [9.17, 15) is 0 Å². The minimum atomic E-state index is 0.865. The molecule has 2 aliphatic rings. The number of rotatable bonds is 6. The average molecular weight is 247 g/mol. The first-order valence-corrected chi connectivity index (χ1v) is 7.52. The summed E-state index contributed by atoms with van der Waals surface area (Å²) in [5.74, 6) is 1.87. The van der Waals surface area contributed by atoms with Gasteiger partial charge in [0.2, 0.25) is 0 Å². The van der Waals surface area contributed by atoms with Crippen molar-refractivity contribution >= 4 is 0 Å². The molecule has 1 aromatic rings. The number of hydrogen-bond acceptors (Lipinski definition) is 2. The van der Waals surface area contributed by atoms with Crippen LogP contribution in [0.1, 0.15) is 44.1 Å². The number of hydrogen-bond donors (Lipinski definition) is 1. The molecule has 2 saturated carbocycles. The fourth-order valence-electron chi connectivity index (χ4n) is 3.32. The second-order valence-corrected chi connectivity index (χ2v) is 6.19. The molecule has 18 heavy (non-hydrogen) atoms. The molecular weight excluding hydrogens is 222 g/mol. The molecular formula is C15H25N3. The molecule has 0 bridgehead atoms. The van der Waals surface area contributed by atoms with Crippen LogP contribution < -0.4 is 5.32 Å². The topological polar surface area (TPSA) is 29.9 Å². The Kier molecular flexibility index (Phi) is 3.69. The van der Waals surface area contributed by atoms with E-state index in [4.69, 9.17) is 0 Å². The Morgan fingerprint density at radius 2 is 2.11 bits per heavy atom. The first-order chi connectivity index (χ1) is 8.81. The molecule has 0 amide bonds. The van der Waals surface area contributed by atoms with Crippen molar-refractivity contribution in [1.29, 1.82) is 0 Å². The molecule has 0 aromatic carbocycles. The third-order valence-corrected chi connectivity index (χ3v) is 4.62. The van der Waals surface area contributed by atoms with E-state index < -0.39 is 0 Å². The summed E-state index contributed by atoms with van der Waals surface area (Å²) in [5.41, 5.74) is 1.40. The smallest absolute Gasteiger partial charge is 0.0521 e. The van der Waals surface area contributed by atoms with E-state index in [0.717, 1.165) is 17.9 Å². The van der Waals surface area contributed by atoms with Gasteiger partial charge in [-0.1, -0.05) is 12.8 Å².